The Balaban J connectivity index is 1.80. The maximum Gasteiger partial charge on any atom is 0.152 e. The Morgan fingerprint density at radius 1 is 1.05 bits per heavy atom. The van der Waals surface area contributed by atoms with Crippen LogP contribution < -0.4 is 4.74 Å². The van der Waals surface area contributed by atoms with Crippen LogP contribution in [0.25, 0.3) is 10.9 Å². The van der Waals surface area contributed by atoms with Crippen molar-refractivity contribution in [1.82, 2.24) is 4.57 Å². The molecule has 2 aromatic carbocycles. The van der Waals surface area contributed by atoms with Gasteiger partial charge in [0, 0.05) is 22.2 Å². The highest BCUT2D eigenvalue weighted by Crippen LogP contribution is 2.24. The Labute approximate surface area is 130 Å². The molecule has 0 unspecified atom stereocenters. The first-order chi connectivity index (χ1) is 10.7. The van der Waals surface area contributed by atoms with Crippen LogP contribution in [0.4, 0.5) is 0 Å². The summed E-state index contributed by atoms with van der Waals surface area (Å²) in [5, 5.41) is 1.00. The number of hydrogen-bond acceptors (Lipinski definition) is 2. The fourth-order valence-electron chi connectivity index (χ4n) is 2.78. The molecular weight excluding hydrogens is 274 g/mol. The average molecular weight is 293 g/mol. The van der Waals surface area contributed by atoms with Crippen molar-refractivity contribution in [2.75, 3.05) is 6.61 Å². The Morgan fingerprint density at radius 2 is 1.77 bits per heavy atom. The molecule has 0 aliphatic rings. The van der Waals surface area contributed by atoms with E-state index < -0.39 is 0 Å². The van der Waals surface area contributed by atoms with E-state index >= 15 is 0 Å². The van der Waals surface area contributed by atoms with E-state index in [1.807, 2.05) is 55.5 Å². The van der Waals surface area contributed by atoms with Crippen molar-refractivity contribution in [3.63, 3.8) is 0 Å². The predicted molar refractivity (Wildman–Crippen MR) is 88.7 cm³/mol. The van der Waals surface area contributed by atoms with Crippen LogP contribution in [-0.2, 0) is 6.54 Å². The fraction of sp³-hybridized carbons (Fsp3) is 0.211. The number of carbonyl (C=O) groups excluding carboxylic acids is 1. The highest BCUT2D eigenvalue weighted by molar-refractivity contribution is 5.99. The minimum Gasteiger partial charge on any atom is -0.492 e. The van der Waals surface area contributed by atoms with Gasteiger partial charge in [0.15, 0.2) is 6.29 Å². The molecule has 1 heterocycles. The van der Waals surface area contributed by atoms with Crippen molar-refractivity contribution in [2.24, 2.45) is 0 Å². The Hall–Kier alpha value is -2.55. The lowest BCUT2D eigenvalue weighted by molar-refractivity contribution is 0.112. The number of fused-ring (bicyclic) bond motifs is 1. The number of ether oxygens (including phenoxy) is 1. The van der Waals surface area contributed by atoms with Crippen LogP contribution >= 0.6 is 0 Å². The molecule has 0 saturated heterocycles. The first kappa shape index (κ1) is 14.4. The predicted octanol–water partition coefficient (Wildman–Crippen LogP) is 4.15. The number of aldehydes is 1. The first-order valence-electron chi connectivity index (χ1n) is 7.43. The fourth-order valence-corrected chi connectivity index (χ4v) is 2.78. The van der Waals surface area contributed by atoms with Gasteiger partial charge in [0.2, 0.25) is 0 Å². The summed E-state index contributed by atoms with van der Waals surface area (Å²) < 4.78 is 7.95. The molecule has 112 valence electrons. The molecule has 0 radical (unpaired) electrons. The number of rotatable bonds is 5. The monoisotopic (exact) mass is 293 g/mol. The van der Waals surface area contributed by atoms with E-state index in [0.29, 0.717) is 13.2 Å². The summed E-state index contributed by atoms with van der Waals surface area (Å²) in [7, 11) is 0. The number of para-hydroxylation sites is 1. The van der Waals surface area contributed by atoms with Gasteiger partial charge >= 0.3 is 0 Å². The summed E-state index contributed by atoms with van der Waals surface area (Å²) >= 11 is 0. The SMILES string of the molecule is Cc1ccc(OCCn2c(C)c(C=O)c3ccccc32)cc1. The van der Waals surface area contributed by atoms with Crippen LogP contribution in [0.1, 0.15) is 21.6 Å². The topological polar surface area (TPSA) is 31.2 Å². The van der Waals surface area contributed by atoms with E-state index in [-0.39, 0.29) is 0 Å². The van der Waals surface area contributed by atoms with Crippen LogP contribution in [0, 0.1) is 13.8 Å². The molecule has 3 rings (SSSR count). The molecule has 0 bridgehead atoms. The summed E-state index contributed by atoms with van der Waals surface area (Å²) in [5.41, 5.74) is 4.06. The summed E-state index contributed by atoms with van der Waals surface area (Å²) in [6, 6.07) is 16.0. The first-order valence-corrected chi connectivity index (χ1v) is 7.43. The molecule has 0 aliphatic heterocycles. The molecule has 0 saturated carbocycles. The average Bonchev–Trinajstić information content (AvgIpc) is 2.81. The quantitative estimate of drug-likeness (QED) is 0.662. The van der Waals surface area contributed by atoms with Crippen molar-refractivity contribution in [1.29, 1.82) is 0 Å². The summed E-state index contributed by atoms with van der Waals surface area (Å²) in [6.45, 7) is 5.32. The van der Waals surface area contributed by atoms with Crippen LogP contribution in [0.15, 0.2) is 48.5 Å². The van der Waals surface area contributed by atoms with Gasteiger partial charge in [0.1, 0.15) is 12.4 Å². The van der Waals surface area contributed by atoms with Crippen molar-refractivity contribution in [2.45, 2.75) is 20.4 Å². The second kappa shape index (κ2) is 6.06. The van der Waals surface area contributed by atoms with E-state index in [0.717, 1.165) is 34.2 Å². The Bertz CT molecular complexity index is 800. The molecule has 0 spiro atoms. The van der Waals surface area contributed by atoms with Crippen LogP contribution in [0.3, 0.4) is 0 Å². The molecule has 0 amide bonds. The smallest absolute Gasteiger partial charge is 0.152 e. The molecule has 0 fully saturated rings. The van der Waals surface area contributed by atoms with Crippen LogP contribution in [0.5, 0.6) is 5.75 Å². The number of hydrogen-bond donors (Lipinski definition) is 0. The molecule has 0 N–H and O–H groups in total. The zero-order valence-electron chi connectivity index (χ0n) is 12.9. The van der Waals surface area contributed by atoms with Gasteiger partial charge in [-0.1, -0.05) is 35.9 Å². The minimum absolute atomic E-state index is 0.570. The van der Waals surface area contributed by atoms with Gasteiger partial charge in [-0.2, -0.15) is 0 Å². The third-order valence-corrected chi connectivity index (χ3v) is 4.00. The van der Waals surface area contributed by atoms with Crippen LogP contribution in [0.2, 0.25) is 0 Å². The zero-order valence-corrected chi connectivity index (χ0v) is 12.9. The lowest BCUT2D eigenvalue weighted by Gasteiger charge is -2.10. The molecule has 0 atom stereocenters. The Morgan fingerprint density at radius 3 is 2.50 bits per heavy atom. The van der Waals surface area contributed by atoms with Crippen molar-refractivity contribution < 1.29 is 9.53 Å². The normalized spacial score (nSPS) is 10.8. The minimum atomic E-state index is 0.570. The third kappa shape index (κ3) is 2.62. The zero-order chi connectivity index (χ0) is 15.5. The second-order valence-electron chi connectivity index (χ2n) is 5.45. The van der Waals surface area contributed by atoms with E-state index in [1.54, 1.807) is 0 Å². The second-order valence-corrected chi connectivity index (χ2v) is 5.45. The van der Waals surface area contributed by atoms with E-state index in [2.05, 4.69) is 11.5 Å². The van der Waals surface area contributed by atoms with Crippen molar-refractivity contribution in [3.05, 3.63) is 65.4 Å². The number of benzene rings is 2. The van der Waals surface area contributed by atoms with Gasteiger partial charge in [-0.3, -0.25) is 4.79 Å². The van der Waals surface area contributed by atoms with Gasteiger partial charge < -0.3 is 9.30 Å². The third-order valence-electron chi connectivity index (χ3n) is 4.00. The molecule has 22 heavy (non-hydrogen) atoms. The summed E-state index contributed by atoms with van der Waals surface area (Å²) in [6.07, 6.45) is 0.939. The summed E-state index contributed by atoms with van der Waals surface area (Å²) in [4.78, 5) is 11.3. The van der Waals surface area contributed by atoms with Gasteiger partial charge in [0.05, 0.1) is 6.54 Å². The highest BCUT2D eigenvalue weighted by atomic mass is 16.5. The van der Waals surface area contributed by atoms with Gasteiger partial charge in [-0.25, -0.2) is 0 Å². The molecule has 0 aliphatic carbocycles. The molecule has 3 heteroatoms. The molecule has 3 nitrogen and oxygen atoms in total. The lowest BCUT2D eigenvalue weighted by Crippen LogP contribution is -2.09. The maximum absolute atomic E-state index is 11.3. The number of aromatic nitrogens is 1. The molecular formula is C19H19NO2. The van der Waals surface area contributed by atoms with Crippen molar-refractivity contribution in [3.8, 4) is 5.75 Å². The highest BCUT2D eigenvalue weighted by Gasteiger charge is 2.12. The van der Waals surface area contributed by atoms with Crippen molar-refractivity contribution >= 4 is 17.2 Å². The summed E-state index contributed by atoms with van der Waals surface area (Å²) in [5.74, 6) is 0.871. The molecule has 1 aromatic heterocycles. The Kier molecular flexibility index (Phi) is 3.96. The van der Waals surface area contributed by atoms with Gasteiger partial charge in [0.25, 0.3) is 0 Å². The van der Waals surface area contributed by atoms with E-state index in [4.69, 9.17) is 4.74 Å². The van der Waals surface area contributed by atoms with Gasteiger partial charge in [-0.15, -0.1) is 0 Å². The lowest BCUT2D eigenvalue weighted by atomic mass is 10.1. The standard InChI is InChI=1S/C19H19NO2/c1-14-7-9-16(10-8-14)22-12-11-20-15(2)18(13-21)17-5-3-4-6-19(17)20/h3-10,13H,11-12H2,1-2H3. The largest absolute Gasteiger partial charge is 0.492 e. The number of nitrogens with zero attached hydrogens (tertiary/aromatic N) is 1. The maximum atomic E-state index is 11.3. The number of aryl methyl sites for hydroxylation is 1. The number of carbonyl (C=O) groups is 1. The van der Waals surface area contributed by atoms with Crippen LogP contribution in [-0.4, -0.2) is 17.5 Å². The van der Waals surface area contributed by atoms with E-state index in [1.165, 1.54) is 5.56 Å². The van der Waals surface area contributed by atoms with E-state index in [9.17, 15) is 4.79 Å². The molecule has 3 aromatic rings. The van der Waals surface area contributed by atoms with Gasteiger partial charge in [-0.05, 0) is 32.0 Å².